The standard InChI is InChI=1S/C22H26N.BrH/c1-3-9-18(10-4-1)17-23-16-15-19-11-7-8-14-21(19)22(23)20-12-5-2-6-13-20;/h1,3-4,7-11,14,20H,2,5-6,12-13,15-17H2;1H/q+1;/p-1. The molecular formula is C22H26BrN. The highest BCUT2D eigenvalue weighted by molar-refractivity contribution is 6.00. The lowest BCUT2D eigenvalue weighted by Gasteiger charge is -2.27. The van der Waals surface area contributed by atoms with Crippen LogP contribution in [-0.2, 0) is 13.0 Å². The van der Waals surface area contributed by atoms with Gasteiger partial charge in [0.2, 0.25) is 0 Å². The third-order valence-corrected chi connectivity index (χ3v) is 5.49. The van der Waals surface area contributed by atoms with Crippen LogP contribution in [0.5, 0.6) is 0 Å². The Morgan fingerprint density at radius 1 is 0.833 bits per heavy atom. The summed E-state index contributed by atoms with van der Waals surface area (Å²) in [5.41, 5.74) is 6.15. The van der Waals surface area contributed by atoms with E-state index in [2.05, 4.69) is 59.2 Å². The van der Waals surface area contributed by atoms with E-state index in [1.807, 2.05) is 0 Å². The maximum atomic E-state index is 2.67. The van der Waals surface area contributed by atoms with Gasteiger partial charge in [0.15, 0.2) is 12.3 Å². The van der Waals surface area contributed by atoms with Crippen LogP contribution in [-0.4, -0.2) is 16.8 Å². The van der Waals surface area contributed by atoms with Gasteiger partial charge >= 0.3 is 0 Å². The Hall–Kier alpha value is -1.41. The van der Waals surface area contributed by atoms with Crippen LogP contribution in [0.3, 0.4) is 0 Å². The highest BCUT2D eigenvalue weighted by atomic mass is 79.9. The van der Waals surface area contributed by atoms with Gasteiger partial charge in [0.25, 0.3) is 0 Å². The molecule has 0 aromatic heterocycles. The van der Waals surface area contributed by atoms with Crippen molar-refractivity contribution in [2.45, 2.75) is 45.1 Å². The number of hydrogen-bond donors (Lipinski definition) is 0. The van der Waals surface area contributed by atoms with Gasteiger partial charge in [0, 0.05) is 23.5 Å². The van der Waals surface area contributed by atoms with Crippen LogP contribution in [0, 0.1) is 5.92 Å². The molecule has 1 nitrogen and oxygen atoms in total. The van der Waals surface area contributed by atoms with Crippen molar-refractivity contribution in [3.05, 3.63) is 71.3 Å². The molecule has 4 rings (SSSR count). The molecule has 0 unspecified atom stereocenters. The fraction of sp³-hybridized carbons (Fsp3) is 0.409. The van der Waals surface area contributed by atoms with Crippen molar-refractivity contribution in [1.82, 2.24) is 0 Å². The molecule has 0 radical (unpaired) electrons. The number of rotatable bonds is 3. The minimum absolute atomic E-state index is 0. The van der Waals surface area contributed by atoms with Gasteiger partial charge in [-0.25, -0.2) is 4.58 Å². The summed E-state index contributed by atoms with van der Waals surface area (Å²) in [5.74, 6) is 0.758. The van der Waals surface area contributed by atoms with Gasteiger partial charge in [-0.3, -0.25) is 0 Å². The first-order valence-electron chi connectivity index (χ1n) is 9.16. The lowest BCUT2D eigenvalue weighted by atomic mass is 9.80. The first-order valence-corrected chi connectivity index (χ1v) is 9.16. The third-order valence-electron chi connectivity index (χ3n) is 5.49. The molecule has 1 fully saturated rings. The lowest BCUT2D eigenvalue weighted by molar-refractivity contribution is -0.547. The monoisotopic (exact) mass is 383 g/mol. The lowest BCUT2D eigenvalue weighted by Crippen LogP contribution is -3.00. The van der Waals surface area contributed by atoms with Crippen LogP contribution < -0.4 is 17.0 Å². The van der Waals surface area contributed by atoms with Crippen LogP contribution in [0.4, 0.5) is 0 Å². The number of nitrogens with zero attached hydrogens (tertiary/aromatic N) is 1. The topological polar surface area (TPSA) is 3.01 Å². The highest BCUT2D eigenvalue weighted by Crippen LogP contribution is 2.30. The van der Waals surface area contributed by atoms with Crippen LogP contribution in [0.2, 0.25) is 0 Å². The fourth-order valence-corrected chi connectivity index (χ4v) is 4.36. The van der Waals surface area contributed by atoms with Gasteiger partial charge < -0.3 is 17.0 Å². The Labute approximate surface area is 156 Å². The quantitative estimate of drug-likeness (QED) is 0.711. The van der Waals surface area contributed by atoms with E-state index < -0.39 is 0 Å². The maximum Gasteiger partial charge on any atom is 0.186 e. The van der Waals surface area contributed by atoms with Crippen molar-refractivity contribution in [3.8, 4) is 0 Å². The van der Waals surface area contributed by atoms with E-state index in [-0.39, 0.29) is 17.0 Å². The number of hydrogen-bond acceptors (Lipinski definition) is 0. The third kappa shape index (κ3) is 3.64. The normalized spacial score (nSPS) is 18.0. The molecule has 0 spiro atoms. The molecule has 2 aromatic rings. The van der Waals surface area contributed by atoms with Crippen molar-refractivity contribution in [2.75, 3.05) is 6.54 Å². The minimum Gasteiger partial charge on any atom is -1.00 e. The Balaban J connectivity index is 0.00000169. The zero-order chi connectivity index (χ0) is 15.5. The molecule has 2 heteroatoms. The van der Waals surface area contributed by atoms with Crippen LogP contribution in [0.25, 0.3) is 0 Å². The van der Waals surface area contributed by atoms with Gasteiger partial charge in [-0.05, 0) is 24.5 Å². The molecule has 2 aliphatic rings. The fourth-order valence-electron chi connectivity index (χ4n) is 4.36. The van der Waals surface area contributed by atoms with Crippen LogP contribution in [0.1, 0.15) is 48.8 Å². The summed E-state index contributed by atoms with van der Waals surface area (Å²) in [5, 5.41) is 0. The van der Waals surface area contributed by atoms with Gasteiger partial charge in [-0.15, -0.1) is 0 Å². The molecule has 2 aromatic carbocycles. The van der Waals surface area contributed by atoms with Gasteiger partial charge in [0.05, 0.1) is 0 Å². The van der Waals surface area contributed by atoms with E-state index >= 15 is 0 Å². The first kappa shape index (κ1) is 17.4. The van der Waals surface area contributed by atoms with E-state index in [4.69, 9.17) is 0 Å². The van der Waals surface area contributed by atoms with E-state index in [1.54, 1.807) is 11.3 Å². The summed E-state index contributed by atoms with van der Waals surface area (Å²) in [7, 11) is 0. The zero-order valence-electron chi connectivity index (χ0n) is 14.3. The molecule has 0 amide bonds. The molecule has 24 heavy (non-hydrogen) atoms. The molecular weight excluding hydrogens is 358 g/mol. The smallest absolute Gasteiger partial charge is 0.186 e. The Kier molecular flexibility index (Phi) is 5.89. The minimum atomic E-state index is 0. The molecule has 0 N–H and O–H groups in total. The molecule has 0 saturated heterocycles. The number of fused-ring (bicyclic) bond motifs is 1. The SMILES string of the molecule is [Br-].c1ccc(C[N+]2=C(C3CCCCC3)c3ccccc3CC2)cc1. The van der Waals surface area contributed by atoms with Gasteiger partial charge in [0.1, 0.15) is 6.54 Å². The number of benzene rings is 2. The highest BCUT2D eigenvalue weighted by Gasteiger charge is 2.32. The molecule has 1 saturated carbocycles. The molecule has 126 valence electrons. The maximum absolute atomic E-state index is 2.67. The zero-order valence-corrected chi connectivity index (χ0v) is 15.8. The van der Waals surface area contributed by atoms with Gasteiger partial charge in [-0.1, -0.05) is 67.8 Å². The predicted octanol–water partition coefficient (Wildman–Crippen LogP) is 1.83. The van der Waals surface area contributed by atoms with Crippen LogP contribution in [0.15, 0.2) is 54.6 Å². The van der Waals surface area contributed by atoms with Gasteiger partial charge in [-0.2, -0.15) is 0 Å². The van der Waals surface area contributed by atoms with Crippen LogP contribution >= 0.6 is 0 Å². The van der Waals surface area contributed by atoms with E-state index in [9.17, 15) is 0 Å². The Bertz CT molecular complexity index is 699. The van der Waals surface area contributed by atoms with E-state index in [0.717, 1.165) is 19.0 Å². The summed E-state index contributed by atoms with van der Waals surface area (Å²) in [6.45, 7) is 2.22. The summed E-state index contributed by atoms with van der Waals surface area (Å²) in [4.78, 5) is 0. The summed E-state index contributed by atoms with van der Waals surface area (Å²) < 4.78 is 2.67. The van der Waals surface area contributed by atoms with E-state index in [0.29, 0.717) is 0 Å². The van der Waals surface area contributed by atoms with Crippen molar-refractivity contribution in [2.24, 2.45) is 5.92 Å². The summed E-state index contributed by atoms with van der Waals surface area (Å²) in [6.07, 6.45) is 8.14. The molecule has 0 bridgehead atoms. The van der Waals surface area contributed by atoms with Crippen molar-refractivity contribution < 1.29 is 21.6 Å². The largest absolute Gasteiger partial charge is 1.00 e. The summed E-state index contributed by atoms with van der Waals surface area (Å²) in [6, 6.07) is 20.1. The van der Waals surface area contributed by atoms with Crippen molar-refractivity contribution in [3.63, 3.8) is 0 Å². The van der Waals surface area contributed by atoms with Crippen molar-refractivity contribution >= 4 is 5.71 Å². The summed E-state index contributed by atoms with van der Waals surface area (Å²) >= 11 is 0. The first-order chi connectivity index (χ1) is 11.4. The molecule has 1 aliphatic heterocycles. The molecule has 1 heterocycles. The predicted molar refractivity (Wildman–Crippen MR) is 96.1 cm³/mol. The van der Waals surface area contributed by atoms with Crippen molar-refractivity contribution in [1.29, 1.82) is 0 Å². The average molecular weight is 384 g/mol. The second kappa shape index (κ2) is 8.11. The molecule has 1 aliphatic carbocycles. The molecule has 0 atom stereocenters. The second-order valence-corrected chi connectivity index (χ2v) is 7.03. The Morgan fingerprint density at radius 2 is 1.54 bits per heavy atom. The number of halogens is 1. The average Bonchev–Trinajstić information content (AvgIpc) is 2.63. The second-order valence-electron chi connectivity index (χ2n) is 7.03. The Morgan fingerprint density at radius 3 is 2.33 bits per heavy atom. The van der Waals surface area contributed by atoms with E-state index in [1.165, 1.54) is 49.7 Å².